The van der Waals surface area contributed by atoms with Gasteiger partial charge in [-0.25, -0.2) is 21.6 Å². The molecule has 2 aromatic rings. The summed E-state index contributed by atoms with van der Waals surface area (Å²) in [6, 6.07) is 16.0. The molecule has 0 spiro atoms. The minimum Gasteiger partial charge on any atom is -0.210 e. The summed E-state index contributed by atoms with van der Waals surface area (Å²) in [5, 5.41) is 0. The average Bonchev–Trinajstić information content (AvgIpc) is 2.60. The van der Waals surface area contributed by atoms with Crippen LogP contribution >= 0.6 is 0 Å². The topological polar surface area (TPSA) is 83.6 Å². The number of likely N-dealkylation sites (N-methyl/N-ethyl adjacent to an activating group) is 1. The molecule has 1 N–H and O–H groups in total. The van der Waals surface area contributed by atoms with Gasteiger partial charge in [-0.05, 0) is 24.3 Å². The molecule has 130 valence electrons. The standard InChI is InChI=1S/C16H20N2O4S2/c1-2-18(24(21,22)16-11-7-4-8-12-16)14-13-17-23(19,20)15-9-5-3-6-10-15/h3-12,17H,2,13-14H2,1H3. The number of nitrogens with zero attached hydrogens (tertiary/aromatic N) is 1. The van der Waals surface area contributed by atoms with Crippen molar-refractivity contribution in [1.82, 2.24) is 9.03 Å². The second-order valence-corrected chi connectivity index (χ2v) is 8.73. The summed E-state index contributed by atoms with van der Waals surface area (Å²) in [6.45, 7) is 2.02. The van der Waals surface area contributed by atoms with E-state index in [1.165, 1.54) is 28.6 Å². The molecule has 0 atom stereocenters. The fraction of sp³-hybridized carbons (Fsp3) is 0.250. The Morgan fingerprint density at radius 2 is 1.33 bits per heavy atom. The van der Waals surface area contributed by atoms with Crippen molar-refractivity contribution in [2.75, 3.05) is 19.6 Å². The Hall–Kier alpha value is -1.74. The molecule has 0 aliphatic carbocycles. The van der Waals surface area contributed by atoms with Gasteiger partial charge in [0.1, 0.15) is 0 Å². The zero-order valence-corrected chi connectivity index (χ0v) is 14.9. The molecule has 6 nitrogen and oxygen atoms in total. The lowest BCUT2D eigenvalue weighted by Gasteiger charge is -2.20. The average molecular weight is 368 g/mol. The fourth-order valence-corrected chi connectivity index (χ4v) is 4.69. The Bertz CT molecular complexity index is 851. The first-order chi connectivity index (χ1) is 11.4. The number of rotatable bonds is 8. The summed E-state index contributed by atoms with van der Waals surface area (Å²) in [5.41, 5.74) is 0. The third-order valence-corrected chi connectivity index (χ3v) is 6.91. The van der Waals surface area contributed by atoms with Crippen LogP contribution in [0.2, 0.25) is 0 Å². The second kappa shape index (κ2) is 7.89. The van der Waals surface area contributed by atoms with Gasteiger partial charge in [-0.15, -0.1) is 0 Å². The quantitative estimate of drug-likeness (QED) is 0.768. The Morgan fingerprint density at radius 3 is 1.83 bits per heavy atom. The van der Waals surface area contributed by atoms with Gasteiger partial charge in [0.15, 0.2) is 0 Å². The van der Waals surface area contributed by atoms with Gasteiger partial charge in [0, 0.05) is 19.6 Å². The van der Waals surface area contributed by atoms with E-state index in [2.05, 4.69) is 4.72 Å². The largest absolute Gasteiger partial charge is 0.243 e. The first kappa shape index (κ1) is 18.6. The van der Waals surface area contributed by atoms with Crippen LogP contribution in [0.1, 0.15) is 6.92 Å². The molecule has 0 aromatic heterocycles. The van der Waals surface area contributed by atoms with Crippen LogP contribution in [-0.2, 0) is 20.0 Å². The maximum absolute atomic E-state index is 12.5. The Balaban J connectivity index is 2.05. The highest BCUT2D eigenvalue weighted by Gasteiger charge is 2.23. The van der Waals surface area contributed by atoms with Crippen LogP contribution in [0, 0.1) is 0 Å². The molecule has 0 heterocycles. The summed E-state index contributed by atoms with van der Waals surface area (Å²) in [5.74, 6) is 0. The first-order valence-electron chi connectivity index (χ1n) is 7.48. The van der Waals surface area contributed by atoms with Gasteiger partial charge in [-0.2, -0.15) is 4.31 Å². The maximum atomic E-state index is 12.5. The SMILES string of the molecule is CCN(CCNS(=O)(=O)c1ccccc1)S(=O)(=O)c1ccccc1. The lowest BCUT2D eigenvalue weighted by molar-refractivity contribution is 0.429. The van der Waals surface area contributed by atoms with Gasteiger partial charge >= 0.3 is 0 Å². The molecule has 0 saturated heterocycles. The molecule has 0 unspecified atom stereocenters. The van der Waals surface area contributed by atoms with E-state index in [1.54, 1.807) is 43.3 Å². The number of nitrogens with one attached hydrogen (secondary N) is 1. The van der Waals surface area contributed by atoms with E-state index < -0.39 is 20.0 Å². The molecule has 0 saturated carbocycles. The molecule has 0 bridgehead atoms. The predicted molar refractivity (Wildman–Crippen MR) is 92.5 cm³/mol. The predicted octanol–water partition coefficient (Wildman–Crippen LogP) is 1.68. The van der Waals surface area contributed by atoms with E-state index >= 15 is 0 Å². The van der Waals surface area contributed by atoms with Crippen LogP contribution in [0.5, 0.6) is 0 Å². The van der Waals surface area contributed by atoms with E-state index in [4.69, 9.17) is 0 Å². The Kier molecular flexibility index (Phi) is 6.11. The van der Waals surface area contributed by atoms with Crippen molar-refractivity contribution in [3.05, 3.63) is 60.7 Å². The highest BCUT2D eigenvalue weighted by Crippen LogP contribution is 2.14. The van der Waals surface area contributed by atoms with Crippen molar-refractivity contribution in [3.8, 4) is 0 Å². The van der Waals surface area contributed by atoms with Crippen molar-refractivity contribution in [1.29, 1.82) is 0 Å². The lowest BCUT2D eigenvalue weighted by atomic mass is 10.4. The zero-order chi connectivity index (χ0) is 17.6. The third-order valence-electron chi connectivity index (χ3n) is 3.44. The van der Waals surface area contributed by atoms with E-state index in [0.717, 1.165) is 0 Å². The second-order valence-electron chi connectivity index (χ2n) is 5.02. The summed E-state index contributed by atoms with van der Waals surface area (Å²) < 4.78 is 53.0. The highest BCUT2D eigenvalue weighted by molar-refractivity contribution is 7.89. The van der Waals surface area contributed by atoms with Gasteiger partial charge in [0.2, 0.25) is 20.0 Å². The van der Waals surface area contributed by atoms with Crippen molar-refractivity contribution >= 4 is 20.0 Å². The molecule has 2 aromatic carbocycles. The molecular weight excluding hydrogens is 348 g/mol. The number of benzene rings is 2. The number of hydrogen-bond acceptors (Lipinski definition) is 4. The van der Waals surface area contributed by atoms with Crippen LogP contribution in [0.25, 0.3) is 0 Å². The monoisotopic (exact) mass is 368 g/mol. The van der Waals surface area contributed by atoms with Gasteiger partial charge in [-0.3, -0.25) is 0 Å². The van der Waals surface area contributed by atoms with Gasteiger partial charge in [-0.1, -0.05) is 43.3 Å². The van der Waals surface area contributed by atoms with Crippen molar-refractivity contribution in [2.45, 2.75) is 16.7 Å². The highest BCUT2D eigenvalue weighted by atomic mass is 32.2. The van der Waals surface area contributed by atoms with Crippen LogP contribution in [0.3, 0.4) is 0 Å². The molecular formula is C16H20N2O4S2. The molecule has 0 aliphatic rings. The molecule has 0 radical (unpaired) electrons. The van der Waals surface area contributed by atoms with Gasteiger partial charge < -0.3 is 0 Å². The Morgan fingerprint density at radius 1 is 0.833 bits per heavy atom. The maximum Gasteiger partial charge on any atom is 0.243 e. The summed E-state index contributed by atoms with van der Waals surface area (Å²) in [7, 11) is -7.28. The smallest absolute Gasteiger partial charge is 0.210 e. The van der Waals surface area contributed by atoms with E-state index in [-0.39, 0.29) is 29.4 Å². The Labute approximate surface area is 143 Å². The molecule has 8 heteroatoms. The normalized spacial score (nSPS) is 12.4. The van der Waals surface area contributed by atoms with Crippen LogP contribution < -0.4 is 4.72 Å². The van der Waals surface area contributed by atoms with Crippen LogP contribution in [-0.4, -0.2) is 40.8 Å². The first-order valence-corrected chi connectivity index (χ1v) is 10.4. The van der Waals surface area contributed by atoms with Crippen LogP contribution in [0.15, 0.2) is 70.5 Å². The molecule has 0 amide bonds. The summed E-state index contributed by atoms with van der Waals surface area (Å²) in [4.78, 5) is 0.344. The number of hydrogen-bond donors (Lipinski definition) is 1. The van der Waals surface area contributed by atoms with Crippen molar-refractivity contribution in [3.63, 3.8) is 0 Å². The van der Waals surface area contributed by atoms with Gasteiger partial charge in [0.25, 0.3) is 0 Å². The van der Waals surface area contributed by atoms with Crippen LogP contribution in [0.4, 0.5) is 0 Å². The number of sulfonamides is 2. The summed E-state index contributed by atoms with van der Waals surface area (Å²) in [6.07, 6.45) is 0. The van der Waals surface area contributed by atoms with Crippen molar-refractivity contribution in [2.24, 2.45) is 0 Å². The molecule has 24 heavy (non-hydrogen) atoms. The minimum absolute atomic E-state index is 0.00285. The zero-order valence-electron chi connectivity index (χ0n) is 13.3. The van der Waals surface area contributed by atoms with E-state index in [0.29, 0.717) is 0 Å². The third kappa shape index (κ3) is 4.41. The van der Waals surface area contributed by atoms with E-state index in [1.807, 2.05) is 0 Å². The lowest BCUT2D eigenvalue weighted by Crippen LogP contribution is -2.38. The molecule has 0 aliphatic heterocycles. The fourth-order valence-electron chi connectivity index (χ4n) is 2.18. The summed E-state index contributed by atoms with van der Waals surface area (Å²) >= 11 is 0. The molecule has 0 fully saturated rings. The van der Waals surface area contributed by atoms with Crippen molar-refractivity contribution < 1.29 is 16.8 Å². The molecule has 2 rings (SSSR count). The minimum atomic E-state index is -3.65. The van der Waals surface area contributed by atoms with Gasteiger partial charge in [0.05, 0.1) is 9.79 Å². The van der Waals surface area contributed by atoms with E-state index in [9.17, 15) is 16.8 Å².